The topological polar surface area (TPSA) is 62.2 Å². The van der Waals surface area contributed by atoms with Crippen molar-refractivity contribution in [2.24, 2.45) is 0 Å². The molecule has 0 aliphatic rings. The molecule has 2 N–H and O–H groups in total. The smallest absolute Gasteiger partial charge is 0.253 e. The lowest BCUT2D eigenvalue weighted by molar-refractivity contribution is 0.0724. The Hall–Kier alpha value is -0.780. The van der Waals surface area contributed by atoms with Crippen LogP contribution in [0, 0.1) is 6.92 Å². The van der Waals surface area contributed by atoms with Crippen LogP contribution in [0.15, 0.2) is 12.1 Å². The Labute approximate surface area is 116 Å². The maximum atomic E-state index is 11.9. The maximum absolute atomic E-state index is 11.9. The van der Waals surface area contributed by atoms with E-state index < -0.39 is 5.60 Å². The lowest BCUT2D eigenvalue weighted by atomic mass is 10.1. The molecule has 1 atom stereocenters. The number of nitrogens with zero attached hydrogens (tertiary/aromatic N) is 1. The van der Waals surface area contributed by atoms with Gasteiger partial charge in [0.25, 0.3) is 5.91 Å². The number of aliphatic hydroxyl groups is 1. The van der Waals surface area contributed by atoms with Crippen molar-refractivity contribution in [3.05, 3.63) is 28.5 Å². The predicted octanol–water partition coefficient (Wildman–Crippen LogP) is 1.89. The molecule has 1 aromatic rings. The number of thioether (sulfide) groups is 1. The molecule has 1 amide bonds. The molecule has 0 aliphatic carbocycles. The van der Waals surface area contributed by atoms with Crippen LogP contribution < -0.4 is 5.32 Å². The monoisotopic (exact) mass is 288 g/mol. The van der Waals surface area contributed by atoms with Gasteiger partial charge in [-0.25, -0.2) is 4.98 Å². The highest BCUT2D eigenvalue weighted by molar-refractivity contribution is 7.98. The Kier molecular flexibility index (Phi) is 5.44. The van der Waals surface area contributed by atoms with E-state index in [0.717, 1.165) is 0 Å². The average molecular weight is 289 g/mol. The molecule has 100 valence electrons. The third kappa shape index (κ3) is 4.48. The van der Waals surface area contributed by atoms with Crippen molar-refractivity contribution >= 4 is 29.3 Å². The molecule has 0 fully saturated rings. The first-order valence-electron chi connectivity index (χ1n) is 5.48. The van der Waals surface area contributed by atoms with Crippen molar-refractivity contribution in [3.8, 4) is 0 Å². The van der Waals surface area contributed by atoms with E-state index in [4.69, 9.17) is 11.6 Å². The molecule has 0 aliphatic heterocycles. The van der Waals surface area contributed by atoms with Gasteiger partial charge in [-0.2, -0.15) is 11.8 Å². The highest BCUT2D eigenvalue weighted by atomic mass is 35.5. The maximum Gasteiger partial charge on any atom is 0.253 e. The summed E-state index contributed by atoms with van der Waals surface area (Å²) in [6.07, 6.45) is 1.91. The third-order valence-electron chi connectivity index (χ3n) is 2.38. The minimum Gasteiger partial charge on any atom is -0.387 e. The Balaban J connectivity index is 2.66. The molecular weight excluding hydrogens is 272 g/mol. The highest BCUT2D eigenvalue weighted by Gasteiger charge is 2.21. The number of aromatic nitrogens is 1. The number of carbonyl (C=O) groups is 1. The van der Waals surface area contributed by atoms with E-state index in [1.165, 1.54) is 11.8 Å². The van der Waals surface area contributed by atoms with Crippen LogP contribution in [0.25, 0.3) is 0 Å². The van der Waals surface area contributed by atoms with E-state index in [1.807, 2.05) is 6.26 Å². The fourth-order valence-electron chi connectivity index (χ4n) is 1.50. The Bertz CT molecular complexity index is 438. The number of aryl methyl sites for hydroxylation is 1. The molecule has 0 saturated carbocycles. The summed E-state index contributed by atoms with van der Waals surface area (Å²) < 4.78 is 0. The minimum atomic E-state index is -0.914. The molecule has 4 nitrogen and oxygen atoms in total. The summed E-state index contributed by atoms with van der Waals surface area (Å²) in [6.45, 7) is 3.62. The van der Waals surface area contributed by atoms with Gasteiger partial charge in [0.2, 0.25) is 0 Å². The van der Waals surface area contributed by atoms with Gasteiger partial charge in [0.15, 0.2) is 0 Å². The standard InChI is InChI=1S/C12H17ClN2O2S/c1-8-9(4-5-10(13)15-8)11(16)14-6-12(2,17)7-18-3/h4-5,17H,6-7H2,1-3H3,(H,14,16). The first-order valence-corrected chi connectivity index (χ1v) is 7.25. The van der Waals surface area contributed by atoms with Crippen LogP contribution in [0.5, 0.6) is 0 Å². The number of hydrogen-bond donors (Lipinski definition) is 2. The predicted molar refractivity (Wildman–Crippen MR) is 75.3 cm³/mol. The summed E-state index contributed by atoms with van der Waals surface area (Å²) in [5, 5.41) is 13.0. The zero-order valence-electron chi connectivity index (χ0n) is 10.7. The Morgan fingerprint density at radius 3 is 2.83 bits per heavy atom. The number of halogens is 1. The molecule has 1 heterocycles. The number of rotatable bonds is 5. The van der Waals surface area contributed by atoms with Gasteiger partial charge < -0.3 is 10.4 Å². The fraction of sp³-hybridized carbons (Fsp3) is 0.500. The summed E-state index contributed by atoms with van der Waals surface area (Å²) in [4.78, 5) is 15.9. The molecule has 0 bridgehead atoms. The van der Waals surface area contributed by atoms with E-state index in [2.05, 4.69) is 10.3 Å². The van der Waals surface area contributed by atoms with E-state index in [-0.39, 0.29) is 12.5 Å². The summed E-state index contributed by atoms with van der Waals surface area (Å²) in [6, 6.07) is 3.20. The van der Waals surface area contributed by atoms with Crippen LogP contribution in [-0.4, -0.2) is 40.2 Å². The molecule has 6 heteroatoms. The second-order valence-electron chi connectivity index (χ2n) is 4.38. The molecule has 1 rings (SSSR count). The van der Waals surface area contributed by atoms with Gasteiger partial charge in [-0.3, -0.25) is 4.79 Å². The van der Waals surface area contributed by atoms with Crippen molar-refractivity contribution < 1.29 is 9.90 Å². The van der Waals surface area contributed by atoms with Crippen molar-refractivity contribution in [2.75, 3.05) is 18.6 Å². The number of carbonyl (C=O) groups excluding carboxylic acids is 1. The van der Waals surface area contributed by atoms with Gasteiger partial charge in [-0.15, -0.1) is 0 Å². The van der Waals surface area contributed by atoms with Crippen LogP contribution >= 0.6 is 23.4 Å². The van der Waals surface area contributed by atoms with Crippen molar-refractivity contribution in [3.63, 3.8) is 0 Å². The number of nitrogens with one attached hydrogen (secondary N) is 1. The van der Waals surface area contributed by atoms with Crippen molar-refractivity contribution in [1.82, 2.24) is 10.3 Å². The number of hydrogen-bond acceptors (Lipinski definition) is 4. The average Bonchev–Trinajstić information content (AvgIpc) is 2.26. The van der Waals surface area contributed by atoms with Gasteiger partial charge in [-0.05, 0) is 32.2 Å². The van der Waals surface area contributed by atoms with Gasteiger partial charge >= 0.3 is 0 Å². The molecule has 1 unspecified atom stereocenters. The first kappa shape index (κ1) is 15.3. The van der Waals surface area contributed by atoms with Gasteiger partial charge in [-0.1, -0.05) is 11.6 Å². The molecule has 0 spiro atoms. The van der Waals surface area contributed by atoms with Crippen LogP contribution in [0.3, 0.4) is 0 Å². The Morgan fingerprint density at radius 1 is 1.61 bits per heavy atom. The third-order valence-corrected chi connectivity index (χ3v) is 3.50. The Morgan fingerprint density at radius 2 is 2.28 bits per heavy atom. The van der Waals surface area contributed by atoms with Crippen LogP contribution in [0.2, 0.25) is 5.15 Å². The largest absolute Gasteiger partial charge is 0.387 e. The lowest BCUT2D eigenvalue weighted by Crippen LogP contribution is -2.42. The molecular formula is C12H17ClN2O2S. The first-order chi connectivity index (χ1) is 8.35. The zero-order valence-corrected chi connectivity index (χ0v) is 12.2. The number of pyridine rings is 1. The molecule has 1 aromatic heterocycles. The second-order valence-corrected chi connectivity index (χ2v) is 5.63. The summed E-state index contributed by atoms with van der Waals surface area (Å²) >= 11 is 7.26. The molecule has 0 radical (unpaired) electrons. The van der Waals surface area contributed by atoms with E-state index in [9.17, 15) is 9.90 Å². The molecule has 0 saturated heterocycles. The van der Waals surface area contributed by atoms with Crippen LogP contribution in [-0.2, 0) is 0 Å². The van der Waals surface area contributed by atoms with Gasteiger partial charge in [0.1, 0.15) is 5.15 Å². The quantitative estimate of drug-likeness (QED) is 0.812. The highest BCUT2D eigenvalue weighted by Crippen LogP contribution is 2.12. The van der Waals surface area contributed by atoms with E-state index in [0.29, 0.717) is 22.2 Å². The second kappa shape index (κ2) is 6.41. The fourth-order valence-corrected chi connectivity index (χ4v) is 2.41. The van der Waals surface area contributed by atoms with Crippen molar-refractivity contribution in [2.45, 2.75) is 19.4 Å². The van der Waals surface area contributed by atoms with E-state index in [1.54, 1.807) is 26.0 Å². The van der Waals surface area contributed by atoms with Crippen LogP contribution in [0.4, 0.5) is 0 Å². The lowest BCUT2D eigenvalue weighted by Gasteiger charge is -2.22. The van der Waals surface area contributed by atoms with Crippen molar-refractivity contribution in [1.29, 1.82) is 0 Å². The zero-order chi connectivity index (χ0) is 13.8. The summed E-state index contributed by atoms with van der Waals surface area (Å²) in [5.41, 5.74) is 0.131. The normalized spacial score (nSPS) is 14.1. The minimum absolute atomic E-state index is 0.203. The van der Waals surface area contributed by atoms with E-state index >= 15 is 0 Å². The molecule has 18 heavy (non-hydrogen) atoms. The summed E-state index contributed by atoms with van der Waals surface area (Å²) in [7, 11) is 0. The van der Waals surface area contributed by atoms with Gasteiger partial charge in [0, 0.05) is 12.3 Å². The summed E-state index contributed by atoms with van der Waals surface area (Å²) in [5.74, 6) is 0.309. The van der Waals surface area contributed by atoms with Crippen LogP contribution in [0.1, 0.15) is 23.0 Å². The number of amides is 1. The SMILES string of the molecule is CSCC(C)(O)CNC(=O)c1ccc(Cl)nc1C. The molecule has 0 aromatic carbocycles. The van der Waals surface area contributed by atoms with Gasteiger partial charge in [0.05, 0.1) is 16.9 Å².